The second-order valence-electron chi connectivity index (χ2n) is 8.11. The average molecular weight is 264 g/mol. The van der Waals surface area contributed by atoms with Gasteiger partial charge in [0.1, 0.15) is 5.78 Å². The van der Waals surface area contributed by atoms with Gasteiger partial charge in [0.25, 0.3) is 0 Å². The standard InChI is InChI=1S/C18H32O/c1-5-13-7-6-8-14(11-13)16-12-15(18(2,3)4)9-10-17(16)19/h13-16H,5-12H2,1-4H3. The highest BCUT2D eigenvalue weighted by molar-refractivity contribution is 5.82. The zero-order chi connectivity index (χ0) is 14.0. The maximum absolute atomic E-state index is 12.4. The van der Waals surface area contributed by atoms with E-state index in [0.717, 1.165) is 24.7 Å². The molecule has 2 rings (SSSR count). The summed E-state index contributed by atoms with van der Waals surface area (Å²) in [6.45, 7) is 9.36. The van der Waals surface area contributed by atoms with E-state index >= 15 is 0 Å². The van der Waals surface area contributed by atoms with Gasteiger partial charge in [-0.2, -0.15) is 0 Å². The maximum atomic E-state index is 12.4. The van der Waals surface area contributed by atoms with Crippen molar-refractivity contribution < 1.29 is 4.79 Å². The van der Waals surface area contributed by atoms with Gasteiger partial charge < -0.3 is 0 Å². The molecule has 0 radical (unpaired) electrons. The van der Waals surface area contributed by atoms with E-state index in [-0.39, 0.29) is 0 Å². The third kappa shape index (κ3) is 3.61. The van der Waals surface area contributed by atoms with E-state index in [9.17, 15) is 4.79 Å². The van der Waals surface area contributed by atoms with Crippen LogP contribution < -0.4 is 0 Å². The number of ketones is 1. The molecule has 0 aliphatic heterocycles. The van der Waals surface area contributed by atoms with Gasteiger partial charge in [-0.25, -0.2) is 0 Å². The largest absolute Gasteiger partial charge is 0.299 e. The molecule has 0 N–H and O–H groups in total. The molecule has 0 spiro atoms. The molecule has 110 valence electrons. The third-order valence-corrected chi connectivity index (χ3v) is 5.89. The molecule has 0 aromatic heterocycles. The van der Waals surface area contributed by atoms with E-state index in [1.807, 2.05) is 0 Å². The molecule has 0 heterocycles. The van der Waals surface area contributed by atoms with E-state index in [4.69, 9.17) is 0 Å². The number of carbonyl (C=O) groups excluding carboxylic acids is 1. The fourth-order valence-electron chi connectivity index (χ4n) is 4.37. The van der Waals surface area contributed by atoms with Gasteiger partial charge >= 0.3 is 0 Å². The van der Waals surface area contributed by atoms with Crippen molar-refractivity contribution >= 4 is 5.78 Å². The third-order valence-electron chi connectivity index (χ3n) is 5.89. The molecule has 0 saturated heterocycles. The highest BCUT2D eigenvalue weighted by Crippen LogP contribution is 2.45. The molecular formula is C18H32O. The normalized spacial score (nSPS) is 37.4. The second kappa shape index (κ2) is 5.97. The minimum absolute atomic E-state index is 0.373. The van der Waals surface area contributed by atoms with Crippen molar-refractivity contribution in [2.45, 2.75) is 79.1 Å². The van der Waals surface area contributed by atoms with Crippen LogP contribution in [0.3, 0.4) is 0 Å². The van der Waals surface area contributed by atoms with Crippen LogP contribution in [0.5, 0.6) is 0 Å². The van der Waals surface area contributed by atoms with Crippen LogP contribution in [0.25, 0.3) is 0 Å². The quantitative estimate of drug-likeness (QED) is 0.667. The Hall–Kier alpha value is -0.330. The van der Waals surface area contributed by atoms with Crippen LogP contribution in [0, 0.1) is 29.1 Å². The molecule has 2 aliphatic rings. The summed E-state index contributed by atoms with van der Waals surface area (Å²) in [4.78, 5) is 12.4. The molecule has 2 aliphatic carbocycles. The molecule has 0 amide bonds. The first-order valence-corrected chi connectivity index (χ1v) is 8.44. The van der Waals surface area contributed by atoms with Crippen molar-refractivity contribution in [3.05, 3.63) is 0 Å². The first kappa shape index (κ1) is 15.1. The summed E-state index contributed by atoms with van der Waals surface area (Å²) >= 11 is 0. The van der Waals surface area contributed by atoms with Gasteiger partial charge in [0.15, 0.2) is 0 Å². The van der Waals surface area contributed by atoms with Crippen LogP contribution >= 0.6 is 0 Å². The minimum Gasteiger partial charge on any atom is -0.299 e. The fourth-order valence-corrected chi connectivity index (χ4v) is 4.37. The molecule has 19 heavy (non-hydrogen) atoms. The fraction of sp³-hybridized carbons (Fsp3) is 0.944. The van der Waals surface area contributed by atoms with Crippen molar-refractivity contribution in [1.82, 2.24) is 0 Å². The van der Waals surface area contributed by atoms with E-state index in [2.05, 4.69) is 27.7 Å². The van der Waals surface area contributed by atoms with E-state index in [0.29, 0.717) is 23.0 Å². The van der Waals surface area contributed by atoms with Gasteiger partial charge in [-0.3, -0.25) is 4.79 Å². The molecule has 0 aromatic rings. The first-order valence-electron chi connectivity index (χ1n) is 8.44. The monoisotopic (exact) mass is 264 g/mol. The molecule has 0 aromatic carbocycles. The van der Waals surface area contributed by atoms with Gasteiger partial charge in [0.05, 0.1) is 0 Å². The van der Waals surface area contributed by atoms with Crippen molar-refractivity contribution in [3.8, 4) is 0 Å². The van der Waals surface area contributed by atoms with Gasteiger partial charge in [0, 0.05) is 12.3 Å². The van der Waals surface area contributed by atoms with Crippen LogP contribution in [0.1, 0.15) is 79.1 Å². The highest BCUT2D eigenvalue weighted by atomic mass is 16.1. The Balaban J connectivity index is 2.02. The van der Waals surface area contributed by atoms with Crippen molar-refractivity contribution in [2.75, 3.05) is 0 Å². The topological polar surface area (TPSA) is 17.1 Å². The number of Topliss-reactive ketones (excluding diaryl/α,β-unsaturated/α-hetero) is 1. The van der Waals surface area contributed by atoms with Crippen molar-refractivity contribution in [2.24, 2.45) is 29.1 Å². The second-order valence-corrected chi connectivity index (χ2v) is 8.11. The van der Waals surface area contributed by atoms with Crippen LogP contribution in [0.2, 0.25) is 0 Å². The lowest BCUT2D eigenvalue weighted by atomic mass is 9.63. The molecule has 4 atom stereocenters. The van der Waals surface area contributed by atoms with Gasteiger partial charge in [0.2, 0.25) is 0 Å². The maximum Gasteiger partial charge on any atom is 0.136 e. The molecular weight excluding hydrogens is 232 g/mol. The Morgan fingerprint density at radius 1 is 1.11 bits per heavy atom. The molecule has 4 unspecified atom stereocenters. The zero-order valence-electron chi connectivity index (χ0n) is 13.4. The first-order chi connectivity index (χ1) is 8.91. The summed E-state index contributed by atoms with van der Waals surface area (Å²) < 4.78 is 0. The summed E-state index contributed by atoms with van der Waals surface area (Å²) in [5, 5.41) is 0. The van der Waals surface area contributed by atoms with Crippen LogP contribution in [-0.2, 0) is 4.79 Å². The summed E-state index contributed by atoms with van der Waals surface area (Å²) in [6.07, 6.45) is 9.84. The van der Waals surface area contributed by atoms with E-state index < -0.39 is 0 Å². The lowest BCUT2D eigenvalue weighted by Gasteiger charge is -2.41. The Morgan fingerprint density at radius 2 is 1.84 bits per heavy atom. The van der Waals surface area contributed by atoms with Gasteiger partial charge in [-0.15, -0.1) is 0 Å². The molecule has 1 heteroatoms. The lowest BCUT2D eigenvalue weighted by molar-refractivity contribution is -0.129. The zero-order valence-corrected chi connectivity index (χ0v) is 13.4. The highest BCUT2D eigenvalue weighted by Gasteiger charge is 2.39. The lowest BCUT2D eigenvalue weighted by Crippen LogP contribution is -2.37. The summed E-state index contributed by atoms with van der Waals surface area (Å²) in [5.74, 6) is 3.32. The Bertz CT molecular complexity index is 312. The molecule has 2 fully saturated rings. The Morgan fingerprint density at radius 3 is 2.47 bits per heavy atom. The van der Waals surface area contributed by atoms with Crippen LogP contribution in [-0.4, -0.2) is 5.78 Å². The molecule has 2 saturated carbocycles. The van der Waals surface area contributed by atoms with Gasteiger partial charge in [-0.05, 0) is 48.9 Å². The van der Waals surface area contributed by atoms with Crippen LogP contribution in [0.4, 0.5) is 0 Å². The van der Waals surface area contributed by atoms with Crippen LogP contribution in [0.15, 0.2) is 0 Å². The molecule has 0 bridgehead atoms. The van der Waals surface area contributed by atoms with Crippen molar-refractivity contribution in [3.63, 3.8) is 0 Å². The summed E-state index contributed by atoms with van der Waals surface area (Å²) in [5.41, 5.74) is 0.373. The molecule has 1 nitrogen and oxygen atoms in total. The number of hydrogen-bond donors (Lipinski definition) is 0. The Labute approximate surface area is 119 Å². The Kier molecular flexibility index (Phi) is 4.74. The van der Waals surface area contributed by atoms with E-state index in [1.165, 1.54) is 38.5 Å². The summed E-state index contributed by atoms with van der Waals surface area (Å²) in [7, 11) is 0. The predicted molar refractivity (Wildman–Crippen MR) is 81.0 cm³/mol. The number of hydrogen-bond acceptors (Lipinski definition) is 1. The smallest absolute Gasteiger partial charge is 0.136 e. The number of rotatable bonds is 2. The average Bonchev–Trinajstić information content (AvgIpc) is 2.38. The minimum atomic E-state index is 0.373. The van der Waals surface area contributed by atoms with Gasteiger partial charge in [-0.1, -0.05) is 47.0 Å². The predicted octanol–water partition coefficient (Wildman–Crippen LogP) is 5.23. The summed E-state index contributed by atoms with van der Waals surface area (Å²) in [6, 6.07) is 0. The SMILES string of the molecule is CCC1CCCC(C2CC(C(C)(C)C)CCC2=O)C1. The van der Waals surface area contributed by atoms with E-state index in [1.54, 1.807) is 0 Å². The number of carbonyl (C=O) groups is 1. The van der Waals surface area contributed by atoms with Crippen molar-refractivity contribution in [1.29, 1.82) is 0 Å².